The molecule has 1 aliphatic carbocycles. The molecular formula is C34H28BrNO5. The third kappa shape index (κ3) is 4.60. The number of carbonyl (C=O) groups excluding carboxylic acids is 2. The lowest BCUT2D eigenvalue weighted by atomic mass is 9.79. The smallest absolute Gasteiger partial charge is 0.336 e. The number of hydrogen-bond donors (Lipinski definition) is 1. The van der Waals surface area contributed by atoms with Crippen LogP contribution in [0.15, 0.2) is 100 Å². The quantitative estimate of drug-likeness (QED) is 0.221. The minimum atomic E-state index is -0.664. The van der Waals surface area contributed by atoms with E-state index in [1.54, 1.807) is 14.0 Å². The van der Waals surface area contributed by atoms with E-state index >= 15 is 0 Å². The number of allylic oxidation sites excluding steroid dienone is 2. The Balaban J connectivity index is 1.43. The summed E-state index contributed by atoms with van der Waals surface area (Å²) < 4.78 is 18.2. The molecule has 0 unspecified atom stereocenters. The molecule has 206 valence electrons. The van der Waals surface area contributed by atoms with Crippen LogP contribution in [0.25, 0.3) is 16.5 Å². The average molecular weight is 611 g/mol. The van der Waals surface area contributed by atoms with Gasteiger partial charge in [-0.2, -0.15) is 0 Å². The maximum atomic E-state index is 13.8. The van der Waals surface area contributed by atoms with Crippen LogP contribution in [0.1, 0.15) is 46.8 Å². The van der Waals surface area contributed by atoms with Gasteiger partial charge < -0.3 is 19.5 Å². The normalized spacial score (nSPS) is 15.9. The second kappa shape index (κ2) is 10.9. The molecule has 0 saturated carbocycles. The van der Waals surface area contributed by atoms with Crippen molar-refractivity contribution in [2.45, 2.75) is 26.4 Å². The highest BCUT2D eigenvalue weighted by molar-refractivity contribution is 9.10. The summed E-state index contributed by atoms with van der Waals surface area (Å²) in [4.78, 5) is 27.1. The summed E-state index contributed by atoms with van der Waals surface area (Å²) in [5.41, 5.74) is 5.45. The van der Waals surface area contributed by atoms with E-state index in [1.165, 1.54) is 0 Å². The van der Waals surface area contributed by atoms with E-state index in [0.717, 1.165) is 21.9 Å². The molecule has 0 spiro atoms. The van der Waals surface area contributed by atoms with Crippen molar-refractivity contribution >= 4 is 44.2 Å². The Kier molecular flexibility index (Phi) is 7.14. The first-order chi connectivity index (χ1) is 19.9. The van der Waals surface area contributed by atoms with E-state index in [4.69, 9.17) is 14.2 Å². The molecule has 7 heteroatoms. The minimum Gasteiger partial charge on any atom is -0.493 e. The van der Waals surface area contributed by atoms with Crippen LogP contribution in [0.2, 0.25) is 0 Å². The highest BCUT2D eigenvalue weighted by Crippen LogP contribution is 2.49. The summed E-state index contributed by atoms with van der Waals surface area (Å²) >= 11 is 3.69. The monoisotopic (exact) mass is 609 g/mol. The third-order valence-electron chi connectivity index (χ3n) is 7.58. The summed E-state index contributed by atoms with van der Waals surface area (Å²) in [6, 6.07) is 25.5. The molecular weight excluding hydrogens is 582 g/mol. The van der Waals surface area contributed by atoms with Crippen LogP contribution in [-0.2, 0) is 16.1 Å². The van der Waals surface area contributed by atoms with Gasteiger partial charge in [0.1, 0.15) is 6.61 Å². The fraction of sp³-hybridized carbons (Fsp3) is 0.176. The molecule has 0 amide bonds. The lowest BCUT2D eigenvalue weighted by Crippen LogP contribution is -2.29. The second-order valence-corrected chi connectivity index (χ2v) is 10.8. The van der Waals surface area contributed by atoms with Gasteiger partial charge in [0.25, 0.3) is 0 Å². The molecule has 6 nitrogen and oxygen atoms in total. The number of nitrogens with one attached hydrogen (secondary N) is 1. The van der Waals surface area contributed by atoms with Crippen molar-refractivity contribution in [2.75, 3.05) is 13.7 Å². The van der Waals surface area contributed by atoms with Crippen molar-refractivity contribution in [3.8, 4) is 11.5 Å². The van der Waals surface area contributed by atoms with Crippen LogP contribution in [0.3, 0.4) is 0 Å². The summed E-state index contributed by atoms with van der Waals surface area (Å²) in [7, 11) is 1.58. The van der Waals surface area contributed by atoms with E-state index in [9.17, 15) is 9.59 Å². The minimum absolute atomic E-state index is 0.117. The molecule has 0 bridgehead atoms. The number of fused-ring (bicyclic) bond motifs is 3. The number of dihydropyridines is 1. The Morgan fingerprint density at radius 3 is 2.49 bits per heavy atom. The van der Waals surface area contributed by atoms with Gasteiger partial charge in [-0.3, -0.25) is 4.79 Å². The lowest BCUT2D eigenvalue weighted by Gasteiger charge is -2.30. The van der Waals surface area contributed by atoms with Crippen LogP contribution < -0.4 is 14.8 Å². The molecule has 0 fully saturated rings. The van der Waals surface area contributed by atoms with Gasteiger partial charge in [-0.05, 0) is 63.8 Å². The van der Waals surface area contributed by atoms with Gasteiger partial charge in [-0.15, -0.1) is 0 Å². The van der Waals surface area contributed by atoms with Crippen molar-refractivity contribution in [1.82, 2.24) is 5.32 Å². The zero-order valence-corrected chi connectivity index (χ0v) is 24.5. The molecule has 1 aliphatic heterocycles. The Morgan fingerprint density at radius 2 is 1.71 bits per heavy atom. The van der Waals surface area contributed by atoms with Crippen LogP contribution in [0, 0.1) is 0 Å². The molecule has 41 heavy (non-hydrogen) atoms. The van der Waals surface area contributed by atoms with E-state index in [2.05, 4.69) is 39.4 Å². The first-order valence-corrected chi connectivity index (χ1v) is 14.2. The zero-order chi connectivity index (χ0) is 28.7. The van der Waals surface area contributed by atoms with Crippen LogP contribution in [0.5, 0.6) is 11.5 Å². The van der Waals surface area contributed by atoms with Gasteiger partial charge >= 0.3 is 5.97 Å². The highest BCUT2D eigenvalue weighted by atomic mass is 79.9. The molecule has 2 aliphatic rings. The summed E-state index contributed by atoms with van der Waals surface area (Å²) in [5.74, 6) is -0.230. The number of hydrogen-bond acceptors (Lipinski definition) is 6. The average Bonchev–Trinajstić information content (AvgIpc) is 3.26. The van der Waals surface area contributed by atoms with Gasteiger partial charge in [-0.25, -0.2) is 4.79 Å². The lowest BCUT2D eigenvalue weighted by molar-refractivity contribution is -0.138. The topological polar surface area (TPSA) is 73.9 Å². The van der Waals surface area contributed by atoms with Crippen molar-refractivity contribution in [2.24, 2.45) is 0 Å². The number of rotatable bonds is 7. The third-order valence-corrected chi connectivity index (χ3v) is 8.17. The first kappa shape index (κ1) is 26.8. The first-order valence-electron chi connectivity index (χ1n) is 13.4. The number of carbonyl (C=O) groups is 2. The maximum absolute atomic E-state index is 13.8. The number of ether oxygens (including phenoxy) is 3. The van der Waals surface area contributed by atoms with Crippen LogP contribution in [0.4, 0.5) is 0 Å². The van der Waals surface area contributed by atoms with E-state index in [-0.39, 0.29) is 12.4 Å². The summed E-state index contributed by atoms with van der Waals surface area (Å²) in [6.45, 7) is 4.15. The van der Waals surface area contributed by atoms with Crippen molar-refractivity contribution in [3.05, 3.63) is 122 Å². The molecule has 0 radical (unpaired) electrons. The molecule has 0 aromatic heterocycles. The highest BCUT2D eigenvalue weighted by Gasteiger charge is 2.43. The molecule has 1 atom stereocenters. The Labute approximate surface area is 246 Å². The summed E-state index contributed by atoms with van der Waals surface area (Å²) in [6.07, 6.45) is 0. The Hall–Kier alpha value is -4.36. The van der Waals surface area contributed by atoms with Gasteiger partial charge in [0.15, 0.2) is 17.3 Å². The SMILES string of the molecule is CCOC(=O)C1=C(C)NC2=C(C(=O)c3ccccc32)[C@@H]1c1cc(Br)c(OCc2cccc3ccccc23)c(OC)c1. The largest absolute Gasteiger partial charge is 0.493 e. The van der Waals surface area contributed by atoms with Crippen LogP contribution >= 0.6 is 15.9 Å². The zero-order valence-electron chi connectivity index (χ0n) is 22.9. The standard InChI is InChI=1S/C34H28BrNO5/c1-4-40-34(38)28-19(2)36-31-24-14-7-8-15-25(24)32(37)30(31)29(28)22-16-26(35)33(27(17-22)39-3)41-18-21-12-9-11-20-10-5-6-13-23(20)21/h5-17,29,36H,4,18H2,1-3H3/t29-/m1/s1. The number of ketones is 1. The van der Waals surface area contributed by atoms with Crippen LogP contribution in [-0.4, -0.2) is 25.5 Å². The fourth-order valence-corrected chi connectivity index (χ4v) is 6.33. The van der Waals surface area contributed by atoms with Crippen molar-refractivity contribution < 1.29 is 23.8 Å². The van der Waals surface area contributed by atoms with Gasteiger partial charge in [0, 0.05) is 28.3 Å². The second-order valence-electron chi connectivity index (χ2n) is 9.94. The van der Waals surface area contributed by atoms with Gasteiger partial charge in [0.05, 0.1) is 29.5 Å². The predicted molar refractivity (Wildman–Crippen MR) is 162 cm³/mol. The van der Waals surface area contributed by atoms with Gasteiger partial charge in [-0.1, -0.05) is 66.7 Å². The number of methoxy groups -OCH3 is 1. The molecule has 1 N–H and O–H groups in total. The van der Waals surface area contributed by atoms with E-state index in [0.29, 0.717) is 56.2 Å². The number of Topliss-reactive ketones (excluding diaryl/α,β-unsaturated/α-hetero) is 1. The number of esters is 1. The van der Waals surface area contributed by atoms with Crippen molar-refractivity contribution in [3.63, 3.8) is 0 Å². The van der Waals surface area contributed by atoms with E-state index in [1.807, 2.05) is 67.6 Å². The predicted octanol–water partition coefficient (Wildman–Crippen LogP) is 7.32. The van der Waals surface area contributed by atoms with E-state index < -0.39 is 11.9 Å². The summed E-state index contributed by atoms with van der Waals surface area (Å²) in [5, 5.41) is 5.59. The van der Waals surface area contributed by atoms with Gasteiger partial charge in [0.2, 0.25) is 0 Å². The Morgan fingerprint density at radius 1 is 0.976 bits per heavy atom. The number of benzene rings is 4. The number of halogens is 1. The molecule has 1 heterocycles. The molecule has 4 aromatic rings. The maximum Gasteiger partial charge on any atom is 0.336 e. The Bertz CT molecular complexity index is 1780. The molecule has 0 saturated heterocycles. The fourth-order valence-electron chi connectivity index (χ4n) is 5.76. The van der Waals surface area contributed by atoms with Crippen molar-refractivity contribution in [1.29, 1.82) is 0 Å². The molecule has 6 rings (SSSR count). The molecule has 4 aromatic carbocycles.